The fourth-order valence-electron chi connectivity index (χ4n) is 8.90. The SMILES string of the molecule is C=C(C)C1CC(OC(C)=O)C2=C(C(=O)CC34COC(C)(CCC(=O)CC)C3CCC24C)C1(C)CCC(=O)O. The highest BCUT2D eigenvalue weighted by atomic mass is 16.5. The maximum absolute atomic E-state index is 14.3. The van der Waals surface area contributed by atoms with Crippen molar-refractivity contribution in [3.05, 3.63) is 23.3 Å². The minimum atomic E-state index is -0.899. The molecule has 0 amide bonds. The maximum Gasteiger partial charge on any atom is 0.303 e. The van der Waals surface area contributed by atoms with E-state index in [-0.39, 0.29) is 29.8 Å². The molecule has 7 atom stereocenters. The van der Waals surface area contributed by atoms with E-state index < -0.39 is 39.9 Å². The first-order valence-corrected chi connectivity index (χ1v) is 14.1. The summed E-state index contributed by atoms with van der Waals surface area (Å²) in [5.74, 6) is -1.16. The van der Waals surface area contributed by atoms with Gasteiger partial charge in [-0.05, 0) is 63.4 Å². The van der Waals surface area contributed by atoms with Crippen LogP contribution in [0.5, 0.6) is 0 Å². The number of allylic oxidation sites excluding steroid dienone is 2. The van der Waals surface area contributed by atoms with E-state index in [4.69, 9.17) is 9.47 Å². The summed E-state index contributed by atoms with van der Waals surface area (Å²) in [5.41, 5.74) is 0.294. The van der Waals surface area contributed by atoms with Crippen LogP contribution in [0.15, 0.2) is 23.3 Å². The third kappa shape index (κ3) is 4.20. The summed E-state index contributed by atoms with van der Waals surface area (Å²) < 4.78 is 12.5. The zero-order valence-corrected chi connectivity index (χ0v) is 23.9. The number of ether oxygens (including phenoxy) is 2. The van der Waals surface area contributed by atoms with Crippen molar-refractivity contribution in [1.82, 2.24) is 0 Å². The van der Waals surface area contributed by atoms with Gasteiger partial charge in [0, 0.05) is 54.4 Å². The van der Waals surface area contributed by atoms with Gasteiger partial charge in [0.05, 0.1) is 12.2 Å². The summed E-state index contributed by atoms with van der Waals surface area (Å²) in [6, 6.07) is 0. The van der Waals surface area contributed by atoms with Gasteiger partial charge in [0.25, 0.3) is 0 Å². The van der Waals surface area contributed by atoms with Gasteiger partial charge in [0.1, 0.15) is 11.9 Å². The summed E-state index contributed by atoms with van der Waals surface area (Å²) in [5, 5.41) is 9.57. The van der Waals surface area contributed by atoms with E-state index in [1.54, 1.807) is 0 Å². The van der Waals surface area contributed by atoms with Gasteiger partial charge < -0.3 is 14.6 Å². The molecule has 38 heavy (non-hydrogen) atoms. The van der Waals surface area contributed by atoms with Crippen LogP contribution in [0.25, 0.3) is 0 Å². The van der Waals surface area contributed by atoms with E-state index in [0.29, 0.717) is 50.7 Å². The van der Waals surface area contributed by atoms with Crippen molar-refractivity contribution >= 4 is 23.5 Å². The highest BCUT2D eigenvalue weighted by Crippen LogP contribution is 2.73. The molecule has 0 aromatic carbocycles. The number of fused-ring (bicyclic) bond motifs is 1. The normalized spacial score (nSPS) is 39.8. The molecule has 0 aromatic rings. The molecule has 7 nitrogen and oxygen atoms in total. The average Bonchev–Trinajstić information content (AvgIpc) is 3.29. The molecule has 1 aliphatic heterocycles. The molecular weight excluding hydrogens is 484 g/mol. The standard InChI is InChI=1S/C31H44O7/c1-8-20(33)9-14-30(7)24-10-13-29(6)27-23(38-19(4)32)15-21(18(2)3)28(5,12-11-25(35)36)26(27)22(34)16-31(24,29)17-37-30/h21,23-24H,2,8-17H2,1,3-7H3,(H,35,36). The van der Waals surface area contributed by atoms with Crippen LogP contribution in [0.3, 0.4) is 0 Å². The number of aliphatic carboxylic acids is 1. The Morgan fingerprint density at radius 3 is 2.39 bits per heavy atom. The zero-order valence-electron chi connectivity index (χ0n) is 23.9. The van der Waals surface area contributed by atoms with Crippen molar-refractivity contribution in [2.24, 2.45) is 28.1 Å². The molecular formula is C31H44O7. The molecule has 2 fully saturated rings. The number of carbonyl (C=O) groups excluding carboxylic acids is 3. The zero-order chi connectivity index (χ0) is 28.3. The number of rotatable bonds is 9. The highest BCUT2D eigenvalue weighted by molar-refractivity contribution is 6.00. The molecule has 7 heteroatoms. The van der Waals surface area contributed by atoms with Gasteiger partial charge in [-0.15, -0.1) is 0 Å². The first-order valence-electron chi connectivity index (χ1n) is 14.1. The van der Waals surface area contributed by atoms with Gasteiger partial charge in [0.2, 0.25) is 0 Å². The van der Waals surface area contributed by atoms with Gasteiger partial charge >= 0.3 is 11.9 Å². The molecule has 1 spiro atoms. The van der Waals surface area contributed by atoms with Gasteiger partial charge in [0.15, 0.2) is 5.78 Å². The van der Waals surface area contributed by atoms with Gasteiger partial charge in [-0.1, -0.05) is 32.9 Å². The van der Waals surface area contributed by atoms with E-state index in [9.17, 15) is 24.3 Å². The van der Waals surface area contributed by atoms with Crippen molar-refractivity contribution < 1.29 is 33.8 Å². The second-order valence-electron chi connectivity index (χ2n) is 13.0. The van der Waals surface area contributed by atoms with Crippen LogP contribution in [0, 0.1) is 28.1 Å². The van der Waals surface area contributed by atoms with Crippen LogP contribution in [-0.2, 0) is 28.7 Å². The molecule has 0 radical (unpaired) electrons. The summed E-state index contributed by atoms with van der Waals surface area (Å²) in [6.45, 7) is 16.1. The number of carbonyl (C=O) groups is 4. The van der Waals surface area contributed by atoms with E-state index in [1.807, 2.05) is 20.8 Å². The molecule has 3 aliphatic carbocycles. The molecule has 4 rings (SSSR count). The van der Waals surface area contributed by atoms with Crippen LogP contribution in [0.4, 0.5) is 0 Å². The number of ketones is 2. The van der Waals surface area contributed by atoms with Crippen molar-refractivity contribution in [2.75, 3.05) is 6.61 Å². The Balaban J connectivity index is 1.87. The van der Waals surface area contributed by atoms with Crippen molar-refractivity contribution in [3.8, 4) is 0 Å². The summed E-state index contributed by atoms with van der Waals surface area (Å²) >= 11 is 0. The molecule has 0 bridgehead atoms. The fourth-order valence-corrected chi connectivity index (χ4v) is 8.90. The second-order valence-corrected chi connectivity index (χ2v) is 13.0. The third-order valence-corrected chi connectivity index (χ3v) is 10.9. The highest BCUT2D eigenvalue weighted by Gasteiger charge is 2.72. The molecule has 4 aliphatic rings. The van der Waals surface area contributed by atoms with Crippen LogP contribution in [-0.4, -0.2) is 46.9 Å². The van der Waals surface area contributed by atoms with E-state index in [0.717, 1.165) is 24.0 Å². The lowest BCUT2D eigenvalue weighted by Crippen LogP contribution is -2.56. The smallest absolute Gasteiger partial charge is 0.303 e. The van der Waals surface area contributed by atoms with Crippen molar-refractivity contribution in [2.45, 2.75) is 111 Å². The van der Waals surface area contributed by atoms with E-state index >= 15 is 0 Å². The Morgan fingerprint density at radius 1 is 1.13 bits per heavy atom. The molecule has 1 saturated heterocycles. The van der Waals surface area contributed by atoms with E-state index in [2.05, 4.69) is 20.4 Å². The van der Waals surface area contributed by atoms with Gasteiger partial charge in [-0.25, -0.2) is 0 Å². The van der Waals surface area contributed by atoms with Crippen LogP contribution >= 0.6 is 0 Å². The van der Waals surface area contributed by atoms with Crippen LogP contribution < -0.4 is 0 Å². The van der Waals surface area contributed by atoms with Gasteiger partial charge in [-0.2, -0.15) is 0 Å². The largest absolute Gasteiger partial charge is 0.481 e. The van der Waals surface area contributed by atoms with Crippen LogP contribution in [0.1, 0.15) is 99.3 Å². The molecule has 1 N–H and O–H groups in total. The fraction of sp³-hybridized carbons (Fsp3) is 0.742. The minimum absolute atomic E-state index is 0.0119. The number of hydrogen-bond acceptors (Lipinski definition) is 6. The quantitative estimate of drug-likeness (QED) is 0.306. The number of hydrogen-bond donors (Lipinski definition) is 1. The lowest BCUT2D eigenvalue weighted by Gasteiger charge is -2.57. The monoisotopic (exact) mass is 528 g/mol. The molecule has 1 heterocycles. The lowest BCUT2D eigenvalue weighted by molar-refractivity contribution is -0.149. The number of esters is 1. The molecule has 1 saturated carbocycles. The number of carboxylic acid groups (broad SMARTS) is 1. The predicted octanol–water partition coefficient (Wildman–Crippen LogP) is 5.61. The first-order chi connectivity index (χ1) is 17.6. The Morgan fingerprint density at radius 2 is 1.82 bits per heavy atom. The number of carboxylic acids is 1. The second kappa shape index (κ2) is 9.72. The van der Waals surface area contributed by atoms with Gasteiger partial charge in [-0.3, -0.25) is 19.2 Å². The average molecular weight is 529 g/mol. The summed E-state index contributed by atoms with van der Waals surface area (Å²) in [4.78, 5) is 50.5. The maximum atomic E-state index is 14.3. The lowest BCUT2D eigenvalue weighted by atomic mass is 9.46. The summed E-state index contributed by atoms with van der Waals surface area (Å²) in [6.07, 6.45) is 3.78. The number of Topliss-reactive ketones (excluding diaryl/α,β-unsaturated/α-hetero) is 2. The topological polar surface area (TPSA) is 107 Å². The Hall–Kier alpha value is -2.28. The minimum Gasteiger partial charge on any atom is -0.481 e. The molecule has 0 aromatic heterocycles. The Labute approximate surface area is 226 Å². The first kappa shape index (κ1) is 28.7. The van der Waals surface area contributed by atoms with Crippen molar-refractivity contribution in [3.63, 3.8) is 0 Å². The predicted molar refractivity (Wildman–Crippen MR) is 142 cm³/mol. The molecule has 210 valence electrons. The van der Waals surface area contributed by atoms with Crippen LogP contribution in [0.2, 0.25) is 0 Å². The Bertz CT molecular complexity index is 1100. The third-order valence-electron chi connectivity index (χ3n) is 10.9. The van der Waals surface area contributed by atoms with E-state index in [1.165, 1.54) is 6.92 Å². The summed E-state index contributed by atoms with van der Waals surface area (Å²) in [7, 11) is 0. The Kier molecular flexibility index (Phi) is 7.35. The van der Waals surface area contributed by atoms with Crippen molar-refractivity contribution in [1.29, 1.82) is 0 Å². The molecule has 7 unspecified atom stereocenters.